The predicted octanol–water partition coefficient (Wildman–Crippen LogP) is 17.2. The first-order valence-corrected chi connectivity index (χ1v) is 38.6. The van der Waals surface area contributed by atoms with Gasteiger partial charge in [0.15, 0.2) is 0 Å². The maximum atomic E-state index is 7.77. The van der Waals surface area contributed by atoms with Crippen LogP contribution in [-0.4, -0.2) is 30.7 Å². The van der Waals surface area contributed by atoms with Crippen molar-refractivity contribution in [2.75, 3.05) is 0 Å². The highest BCUT2D eigenvalue weighted by Crippen LogP contribution is 2.30. The lowest BCUT2D eigenvalue weighted by Gasteiger charge is -2.33. The molecule has 442 valence electrons. The molecule has 0 atom stereocenters. The molecule has 0 aliphatic heterocycles. The first-order valence-electron chi connectivity index (χ1n) is 31.0. The zero-order chi connectivity index (χ0) is 60.5. The Balaban J connectivity index is 1.10. The molecule has 0 aromatic heterocycles. The average molecular weight is 1210 g/mol. The fourth-order valence-corrected chi connectivity index (χ4v) is 23.5. The summed E-state index contributed by atoms with van der Waals surface area (Å²) >= 11 is 0. The van der Waals surface area contributed by atoms with Crippen molar-refractivity contribution in [1.29, 1.82) is 0 Å². The molecule has 89 heavy (non-hydrogen) atoms. The summed E-state index contributed by atoms with van der Waals surface area (Å²) in [6.07, 6.45) is 4.26. The van der Waals surface area contributed by atoms with E-state index < -0.39 is 25.0 Å². The van der Waals surface area contributed by atoms with Crippen LogP contribution in [-0.2, 0) is 68.0 Å². The van der Waals surface area contributed by atoms with Gasteiger partial charge in [0.25, 0.3) is 8.32 Å². The van der Waals surface area contributed by atoms with Gasteiger partial charge in [-0.25, -0.2) is 0 Å². The normalized spacial score (nSPS) is 12.3. The molecule has 0 radical (unpaired) electrons. The van der Waals surface area contributed by atoms with Gasteiger partial charge in [0.1, 0.15) is 5.71 Å². The topological polar surface area (TPSA) is 64.1 Å². The van der Waals surface area contributed by atoms with Gasteiger partial charge in [-0.2, -0.15) is 0 Å². The van der Waals surface area contributed by atoms with Crippen molar-refractivity contribution in [2.24, 2.45) is 5.16 Å². The maximum absolute atomic E-state index is 7.77. The molecule has 6 nitrogen and oxygen atoms in total. The number of oxime groups is 1. The number of hydrogen-bond acceptors (Lipinski definition) is 6. The zero-order valence-corrected chi connectivity index (χ0v) is 53.4. The van der Waals surface area contributed by atoms with E-state index in [1.165, 1.54) is 50.1 Å². The van der Waals surface area contributed by atoms with E-state index in [0.717, 1.165) is 71.2 Å². The first kappa shape index (κ1) is 61.2. The van der Waals surface area contributed by atoms with Crippen LogP contribution in [0.1, 0.15) is 61.2 Å². The highest BCUT2D eigenvalue weighted by atomic mass is 28.4. The van der Waals surface area contributed by atoms with E-state index in [9.17, 15) is 0 Å². The number of rotatable bonds is 30. The summed E-state index contributed by atoms with van der Waals surface area (Å²) < 4.78 is 23.0. The van der Waals surface area contributed by atoms with Gasteiger partial charge in [0.05, 0.1) is 11.4 Å². The monoisotopic (exact) mass is 1210 g/mol. The summed E-state index contributed by atoms with van der Waals surface area (Å²) in [7, 11) is -8.86. The van der Waals surface area contributed by atoms with Crippen molar-refractivity contribution in [1.82, 2.24) is 11.0 Å². The molecule has 0 unspecified atom stereocenters. The Morgan fingerprint density at radius 2 is 0.483 bits per heavy atom. The van der Waals surface area contributed by atoms with Gasteiger partial charge in [-0.15, -0.1) is 5.16 Å². The van der Waals surface area contributed by atoms with Crippen molar-refractivity contribution in [3.63, 3.8) is 0 Å². The third-order valence-electron chi connectivity index (χ3n) is 16.2. The lowest BCUT2D eigenvalue weighted by Crippen LogP contribution is -2.51. The Hall–Kier alpha value is -9.46. The second kappa shape index (κ2) is 31.4. The van der Waals surface area contributed by atoms with Gasteiger partial charge in [0, 0.05) is 23.7 Å². The Labute approximate surface area is 529 Å². The Kier molecular flexibility index (Phi) is 21.6. The summed E-state index contributed by atoms with van der Waals surface area (Å²) in [6.45, 7) is 0. The second-order valence-electron chi connectivity index (χ2n) is 23.4. The van der Waals surface area contributed by atoms with Gasteiger partial charge in [-0.05, 0) is 104 Å². The molecule has 0 heterocycles. The highest BCUT2D eigenvalue weighted by molar-refractivity contribution is 6.73. The minimum Gasteiger partial charge on any atom is -0.453 e. The van der Waals surface area contributed by atoms with Crippen LogP contribution in [0.2, 0.25) is 0 Å². The Morgan fingerprint density at radius 1 is 0.258 bits per heavy atom. The van der Waals surface area contributed by atoms with Crippen LogP contribution in [0.5, 0.6) is 0 Å². The van der Waals surface area contributed by atoms with Crippen LogP contribution in [0.15, 0.2) is 357 Å². The molecule has 0 aliphatic carbocycles. The fraction of sp³-hybridized carbons (Fsp3) is 0.113. The van der Waals surface area contributed by atoms with E-state index in [4.69, 9.17) is 18.7 Å². The highest BCUT2D eigenvalue weighted by Gasteiger charge is 2.41. The van der Waals surface area contributed by atoms with E-state index in [-0.39, 0.29) is 0 Å². The van der Waals surface area contributed by atoms with Crippen molar-refractivity contribution in [2.45, 2.75) is 54.4 Å². The number of nitrogens with one attached hydrogen (secondary N) is 2. The van der Waals surface area contributed by atoms with Crippen molar-refractivity contribution >= 4 is 36.4 Å². The molecule has 0 saturated carbocycles. The lowest BCUT2D eigenvalue weighted by molar-refractivity contribution is 0.211. The van der Waals surface area contributed by atoms with Crippen molar-refractivity contribution in [3.05, 3.63) is 413 Å². The van der Waals surface area contributed by atoms with Gasteiger partial charge < -0.3 is 13.6 Å². The van der Waals surface area contributed by atoms with Crippen molar-refractivity contribution < 1.29 is 13.6 Å². The molecule has 0 saturated heterocycles. The second-order valence-corrected chi connectivity index (χ2v) is 34.2. The molecule has 11 rings (SSSR count). The van der Waals surface area contributed by atoms with Gasteiger partial charge in [0.2, 0.25) is 16.6 Å². The maximum Gasteiger partial charge on any atom is 0.300 e. The smallest absolute Gasteiger partial charge is 0.300 e. The number of hydrogen-bond donors (Lipinski definition) is 2. The van der Waals surface area contributed by atoms with Gasteiger partial charge in [-0.3, -0.25) is 11.0 Å². The van der Waals surface area contributed by atoms with E-state index >= 15 is 0 Å². The molecular weight excluding hydrogens is 1140 g/mol. The van der Waals surface area contributed by atoms with Crippen LogP contribution in [0.4, 0.5) is 0 Å². The summed E-state index contributed by atoms with van der Waals surface area (Å²) in [5.41, 5.74) is 22.5. The molecule has 0 aliphatic rings. The number of nitrogens with zero attached hydrogens (tertiary/aromatic N) is 1. The number of benzene rings is 11. The Bertz CT molecular complexity index is 3630. The third kappa shape index (κ3) is 18.5. The minimum atomic E-state index is -2.99. The molecule has 0 amide bonds. The van der Waals surface area contributed by atoms with Gasteiger partial charge in [-0.1, -0.05) is 334 Å². The quantitative estimate of drug-likeness (QED) is 0.0203. The summed E-state index contributed by atoms with van der Waals surface area (Å²) in [5.74, 6) is 0. The Morgan fingerprint density at radius 3 is 0.753 bits per heavy atom. The molecule has 9 heteroatoms. The van der Waals surface area contributed by atoms with Crippen LogP contribution in [0.3, 0.4) is 0 Å². The molecule has 2 N–H and O–H groups in total. The van der Waals surface area contributed by atoms with Crippen LogP contribution < -0.4 is 11.0 Å². The zero-order valence-electron chi connectivity index (χ0n) is 50.4. The molecule has 0 spiro atoms. The van der Waals surface area contributed by atoms with E-state index in [2.05, 4.69) is 357 Å². The molecule has 11 aromatic carbocycles. The fourth-order valence-electron chi connectivity index (χ4n) is 12.0. The first-order chi connectivity index (χ1) is 43.9. The summed E-state index contributed by atoms with van der Waals surface area (Å²) in [4.78, 5) is 0. The van der Waals surface area contributed by atoms with E-state index in [0.29, 0.717) is 11.4 Å². The van der Waals surface area contributed by atoms with Gasteiger partial charge >= 0.3 is 0 Å². The number of allylic oxidation sites excluding steroid dienone is 2. The standard InChI is InChI=1S/C80H77N3O3Si3/c1-12-34-67(35-13-1)58-87(59-68-36-14-2-15-37-68,60-69-38-16-3-17-39-69)84-81-78(56-79(76-52-30-10-31-53-76)82-85-88(61-70-40-18-4-19-41-70,62-71-42-20-5-21-43-71)63-72-44-22-6-23-45-72)57-80(77-54-32-11-33-55-77)83-86-89(64-73-46-24-7-25-47-73,65-74-48-26-8-27-49-74)66-75-50-28-9-29-51-75/h1-57,81-82H,58-66H2. The molecule has 0 fully saturated rings. The average Bonchev–Trinajstić information content (AvgIpc) is 3.17. The van der Waals surface area contributed by atoms with Crippen LogP contribution >= 0.6 is 0 Å². The van der Waals surface area contributed by atoms with E-state index in [1.807, 2.05) is 0 Å². The lowest BCUT2D eigenvalue weighted by atomic mass is 10.1. The van der Waals surface area contributed by atoms with Crippen LogP contribution in [0.25, 0.3) is 5.70 Å². The van der Waals surface area contributed by atoms with Crippen molar-refractivity contribution in [3.8, 4) is 0 Å². The number of hydroxylamine groups is 2. The van der Waals surface area contributed by atoms with E-state index in [1.54, 1.807) is 0 Å². The molecule has 0 bridgehead atoms. The molecular formula is C80H77N3O3Si3. The third-order valence-corrected chi connectivity index (χ3v) is 27.2. The SMILES string of the molecule is C(=C(C=C(NO[Si](Cc1ccccc1)(Cc1ccccc1)Cc1ccccc1)c1ccccc1)NO[Si](Cc1ccccc1)(Cc1ccccc1)Cc1ccccc1)C(=NO[Si](Cc1ccccc1)(Cc1ccccc1)Cc1ccccc1)c1ccccc1. The predicted molar refractivity (Wildman–Crippen MR) is 374 cm³/mol. The van der Waals surface area contributed by atoms with Crippen LogP contribution in [0, 0.1) is 0 Å². The summed E-state index contributed by atoms with van der Waals surface area (Å²) in [5, 5.41) is 5.49. The molecule has 11 aromatic rings. The largest absolute Gasteiger partial charge is 0.453 e. The minimum absolute atomic E-state index is 0.648. The summed E-state index contributed by atoms with van der Waals surface area (Å²) in [6, 6.07) is 125.